The van der Waals surface area contributed by atoms with Crippen LogP contribution in [0.4, 0.5) is 0 Å². The summed E-state index contributed by atoms with van der Waals surface area (Å²) in [5.74, 6) is 0. The van der Waals surface area contributed by atoms with E-state index in [0.717, 1.165) is 31.9 Å². The molecule has 2 heterocycles. The number of hydrogen-bond acceptors (Lipinski definition) is 4. The lowest BCUT2D eigenvalue weighted by atomic mass is 10.2. The van der Waals surface area contributed by atoms with E-state index in [1.54, 1.807) is 11.3 Å². The summed E-state index contributed by atoms with van der Waals surface area (Å²) >= 11 is 1.77. The summed E-state index contributed by atoms with van der Waals surface area (Å²) in [6, 6.07) is 10.4. The van der Waals surface area contributed by atoms with Gasteiger partial charge in [0.15, 0.2) is 0 Å². The van der Waals surface area contributed by atoms with Crippen LogP contribution in [0, 0.1) is 0 Å². The van der Waals surface area contributed by atoms with Crippen LogP contribution in [-0.2, 0) is 6.54 Å². The van der Waals surface area contributed by atoms with Gasteiger partial charge in [0.2, 0.25) is 0 Å². The van der Waals surface area contributed by atoms with E-state index in [9.17, 15) is 0 Å². The first-order chi connectivity index (χ1) is 9.42. The smallest absolute Gasteiger partial charge is 0.107 e. The molecule has 0 amide bonds. The largest absolute Gasteiger partial charge is 0.315 e. The van der Waals surface area contributed by atoms with Crippen LogP contribution in [0.15, 0.2) is 35.7 Å². The van der Waals surface area contributed by atoms with E-state index in [2.05, 4.69) is 39.9 Å². The Balaban J connectivity index is 1.68. The Morgan fingerprint density at radius 2 is 2.05 bits per heavy atom. The maximum Gasteiger partial charge on any atom is 0.107 e. The summed E-state index contributed by atoms with van der Waals surface area (Å²) in [6.45, 7) is 5.52. The standard InChI is InChI=1S/C15H19N3S/c1-2-5-13(6-3-1)14-12-19-15(17-14)11-18-9-4-7-16-8-10-18/h1-3,5-6,12,16H,4,7-11H2. The van der Waals surface area contributed by atoms with Crippen molar-refractivity contribution in [2.75, 3.05) is 26.2 Å². The van der Waals surface area contributed by atoms with E-state index >= 15 is 0 Å². The first-order valence-electron chi connectivity index (χ1n) is 6.85. The minimum Gasteiger partial charge on any atom is -0.315 e. The molecule has 0 atom stereocenters. The number of rotatable bonds is 3. The molecular weight excluding hydrogens is 254 g/mol. The van der Waals surface area contributed by atoms with Crippen molar-refractivity contribution in [1.82, 2.24) is 15.2 Å². The highest BCUT2D eigenvalue weighted by atomic mass is 32.1. The third-order valence-electron chi connectivity index (χ3n) is 3.41. The molecule has 1 aromatic heterocycles. The predicted molar refractivity (Wildman–Crippen MR) is 80.3 cm³/mol. The van der Waals surface area contributed by atoms with Crippen LogP contribution in [-0.4, -0.2) is 36.1 Å². The zero-order valence-electron chi connectivity index (χ0n) is 11.0. The maximum absolute atomic E-state index is 4.76. The number of nitrogens with one attached hydrogen (secondary N) is 1. The van der Waals surface area contributed by atoms with Crippen LogP contribution < -0.4 is 5.32 Å². The molecule has 3 rings (SSSR count). The number of thiazole rings is 1. The molecule has 3 nitrogen and oxygen atoms in total. The fourth-order valence-corrected chi connectivity index (χ4v) is 3.22. The van der Waals surface area contributed by atoms with E-state index in [1.807, 2.05) is 6.07 Å². The van der Waals surface area contributed by atoms with Gasteiger partial charge in [0.1, 0.15) is 5.01 Å². The second-order valence-electron chi connectivity index (χ2n) is 4.87. The molecule has 19 heavy (non-hydrogen) atoms. The van der Waals surface area contributed by atoms with Gasteiger partial charge >= 0.3 is 0 Å². The average molecular weight is 273 g/mol. The highest BCUT2D eigenvalue weighted by Gasteiger charge is 2.11. The van der Waals surface area contributed by atoms with Crippen molar-refractivity contribution in [3.8, 4) is 11.3 Å². The Morgan fingerprint density at radius 3 is 2.95 bits per heavy atom. The highest BCUT2D eigenvalue weighted by molar-refractivity contribution is 7.09. The zero-order valence-corrected chi connectivity index (χ0v) is 11.8. The molecule has 2 aromatic rings. The molecule has 0 bridgehead atoms. The van der Waals surface area contributed by atoms with E-state index in [1.165, 1.54) is 23.5 Å². The van der Waals surface area contributed by atoms with Gasteiger partial charge in [-0.2, -0.15) is 0 Å². The lowest BCUT2D eigenvalue weighted by Crippen LogP contribution is -2.27. The summed E-state index contributed by atoms with van der Waals surface area (Å²) in [5, 5.41) is 6.83. The molecule has 0 unspecified atom stereocenters. The third-order valence-corrected chi connectivity index (χ3v) is 4.25. The average Bonchev–Trinajstić information content (AvgIpc) is 2.76. The van der Waals surface area contributed by atoms with Crippen molar-refractivity contribution in [3.63, 3.8) is 0 Å². The van der Waals surface area contributed by atoms with E-state index in [0.29, 0.717) is 0 Å². The Hall–Kier alpha value is -1.23. The van der Waals surface area contributed by atoms with Crippen molar-refractivity contribution in [3.05, 3.63) is 40.7 Å². The van der Waals surface area contributed by atoms with Crippen molar-refractivity contribution in [2.45, 2.75) is 13.0 Å². The van der Waals surface area contributed by atoms with Crippen LogP contribution in [0.25, 0.3) is 11.3 Å². The minimum atomic E-state index is 0.985. The minimum absolute atomic E-state index is 0.985. The van der Waals surface area contributed by atoms with E-state index in [4.69, 9.17) is 4.98 Å². The van der Waals surface area contributed by atoms with Crippen molar-refractivity contribution < 1.29 is 0 Å². The lowest BCUT2D eigenvalue weighted by Gasteiger charge is -2.17. The monoisotopic (exact) mass is 273 g/mol. The fraction of sp³-hybridized carbons (Fsp3) is 0.400. The quantitative estimate of drug-likeness (QED) is 0.931. The van der Waals surface area contributed by atoms with Crippen molar-refractivity contribution in [2.24, 2.45) is 0 Å². The molecule has 1 fully saturated rings. The molecule has 0 radical (unpaired) electrons. The summed E-state index contributed by atoms with van der Waals surface area (Å²) < 4.78 is 0. The number of hydrogen-bond donors (Lipinski definition) is 1. The van der Waals surface area contributed by atoms with Gasteiger partial charge in [0.05, 0.1) is 12.2 Å². The topological polar surface area (TPSA) is 28.2 Å². The molecule has 100 valence electrons. The highest BCUT2D eigenvalue weighted by Crippen LogP contribution is 2.22. The van der Waals surface area contributed by atoms with Crippen LogP contribution >= 0.6 is 11.3 Å². The van der Waals surface area contributed by atoms with Gasteiger partial charge in [-0.3, -0.25) is 4.90 Å². The molecule has 1 aliphatic heterocycles. The molecular formula is C15H19N3S. The first-order valence-corrected chi connectivity index (χ1v) is 7.73. The van der Waals surface area contributed by atoms with Crippen molar-refractivity contribution in [1.29, 1.82) is 0 Å². The SMILES string of the molecule is c1ccc(-c2csc(CN3CCCNCC3)n2)cc1. The lowest BCUT2D eigenvalue weighted by molar-refractivity contribution is 0.284. The number of nitrogens with zero attached hydrogens (tertiary/aromatic N) is 2. The number of benzene rings is 1. The van der Waals surface area contributed by atoms with Gasteiger partial charge < -0.3 is 5.32 Å². The summed E-state index contributed by atoms with van der Waals surface area (Å²) in [5.41, 5.74) is 2.32. The fourth-order valence-electron chi connectivity index (χ4n) is 2.38. The van der Waals surface area contributed by atoms with Crippen LogP contribution in [0.3, 0.4) is 0 Å². The van der Waals surface area contributed by atoms with Gasteiger partial charge in [-0.25, -0.2) is 4.98 Å². The Labute approximate surface area is 118 Å². The van der Waals surface area contributed by atoms with E-state index < -0.39 is 0 Å². The molecule has 1 saturated heterocycles. The van der Waals surface area contributed by atoms with Gasteiger partial charge in [0.25, 0.3) is 0 Å². The molecule has 0 saturated carbocycles. The Bertz CT molecular complexity index is 501. The Kier molecular flexibility index (Phi) is 4.23. The Morgan fingerprint density at radius 1 is 1.16 bits per heavy atom. The maximum atomic E-state index is 4.76. The molecule has 0 aliphatic carbocycles. The summed E-state index contributed by atoms with van der Waals surface area (Å²) in [7, 11) is 0. The second-order valence-corrected chi connectivity index (χ2v) is 5.81. The van der Waals surface area contributed by atoms with Crippen LogP contribution in [0.2, 0.25) is 0 Å². The summed E-state index contributed by atoms with van der Waals surface area (Å²) in [6.07, 6.45) is 1.23. The summed E-state index contributed by atoms with van der Waals surface area (Å²) in [4.78, 5) is 7.26. The van der Waals surface area contributed by atoms with Gasteiger partial charge in [0, 0.05) is 24.0 Å². The van der Waals surface area contributed by atoms with Gasteiger partial charge in [-0.05, 0) is 19.5 Å². The number of aromatic nitrogens is 1. The zero-order chi connectivity index (χ0) is 12.9. The van der Waals surface area contributed by atoms with Gasteiger partial charge in [-0.1, -0.05) is 30.3 Å². The van der Waals surface area contributed by atoms with Crippen LogP contribution in [0.1, 0.15) is 11.4 Å². The van der Waals surface area contributed by atoms with Crippen molar-refractivity contribution >= 4 is 11.3 Å². The molecule has 1 N–H and O–H groups in total. The first kappa shape index (κ1) is 12.8. The normalized spacial score (nSPS) is 17.3. The second kappa shape index (κ2) is 6.28. The van der Waals surface area contributed by atoms with E-state index in [-0.39, 0.29) is 0 Å². The van der Waals surface area contributed by atoms with Crippen LogP contribution in [0.5, 0.6) is 0 Å². The molecule has 1 aliphatic rings. The third kappa shape index (κ3) is 3.41. The molecule has 4 heteroatoms. The predicted octanol–water partition coefficient (Wildman–Crippen LogP) is 2.61. The molecule has 1 aromatic carbocycles. The van der Waals surface area contributed by atoms with Gasteiger partial charge in [-0.15, -0.1) is 11.3 Å². The molecule has 0 spiro atoms.